The van der Waals surface area contributed by atoms with E-state index in [-0.39, 0.29) is 0 Å². The molecule has 0 spiro atoms. The highest BCUT2D eigenvalue weighted by Gasteiger charge is 2.35. The van der Waals surface area contributed by atoms with Crippen LogP contribution in [0, 0.1) is 0 Å². The van der Waals surface area contributed by atoms with Gasteiger partial charge < -0.3 is 0 Å². The monoisotopic (exact) mass is 180 g/mol. The Bertz CT molecular complexity index is 242. The van der Waals surface area contributed by atoms with E-state index in [1.807, 2.05) is 13.0 Å². The van der Waals surface area contributed by atoms with Crippen LogP contribution < -0.4 is 0 Å². The number of rotatable bonds is 3. The summed E-state index contributed by atoms with van der Waals surface area (Å²) in [6.07, 6.45) is 6.81. The molecule has 1 heteroatoms. The van der Waals surface area contributed by atoms with Crippen molar-refractivity contribution in [2.45, 2.75) is 38.3 Å². The second kappa shape index (κ2) is 3.91. The minimum Gasteiger partial charge on any atom is -0.239 e. The van der Waals surface area contributed by atoms with Gasteiger partial charge in [-0.1, -0.05) is 30.9 Å². The number of alkyl halides is 1. The molecule has 0 amide bonds. The van der Waals surface area contributed by atoms with Crippen molar-refractivity contribution in [3.8, 4) is 0 Å². The summed E-state index contributed by atoms with van der Waals surface area (Å²) in [5, 5.41) is 0. The van der Waals surface area contributed by atoms with Crippen LogP contribution in [0.4, 0.5) is 4.39 Å². The third kappa shape index (κ3) is 2.55. The second-order valence-electron chi connectivity index (χ2n) is 3.88. The van der Waals surface area contributed by atoms with E-state index >= 15 is 0 Å². The lowest BCUT2D eigenvalue weighted by Crippen LogP contribution is -2.18. The number of hydrogen-bond donors (Lipinski definition) is 0. The Morgan fingerprint density at radius 2 is 1.77 bits per heavy atom. The topological polar surface area (TPSA) is 0 Å². The smallest absolute Gasteiger partial charge is 0.135 e. The first kappa shape index (κ1) is 10.2. The van der Waals surface area contributed by atoms with Crippen LogP contribution >= 0.6 is 0 Å². The molecule has 0 aromatic carbocycles. The molecule has 1 rings (SSSR count). The van der Waals surface area contributed by atoms with E-state index in [1.165, 1.54) is 0 Å². The first-order valence-electron chi connectivity index (χ1n) is 4.76. The van der Waals surface area contributed by atoms with Crippen LogP contribution in [0.25, 0.3) is 0 Å². The van der Waals surface area contributed by atoms with E-state index in [4.69, 9.17) is 0 Å². The lowest BCUT2D eigenvalue weighted by molar-refractivity contribution is 0.228. The van der Waals surface area contributed by atoms with E-state index in [1.54, 1.807) is 6.08 Å². The van der Waals surface area contributed by atoms with E-state index < -0.39 is 5.67 Å². The molecule has 0 nitrogen and oxygen atoms in total. The van der Waals surface area contributed by atoms with Crippen molar-refractivity contribution >= 4 is 0 Å². The molecule has 13 heavy (non-hydrogen) atoms. The van der Waals surface area contributed by atoms with Gasteiger partial charge in [-0.2, -0.15) is 0 Å². The summed E-state index contributed by atoms with van der Waals surface area (Å²) in [5.41, 5.74) is 0.405. The second-order valence-corrected chi connectivity index (χ2v) is 3.88. The average Bonchev–Trinajstić information content (AvgIpc) is 2.49. The van der Waals surface area contributed by atoms with Gasteiger partial charge in [0.05, 0.1) is 0 Å². The zero-order valence-corrected chi connectivity index (χ0v) is 8.28. The van der Waals surface area contributed by atoms with Gasteiger partial charge in [-0.3, -0.25) is 0 Å². The first-order chi connectivity index (χ1) is 6.04. The number of hydrogen-bond acceptors (Lipinski definition) is 0. The van der Waals surface area contributed by atoms with Crippen LogP contribution in [-0.4, -0.2) is 5.67 Å². The summed E-state index contributed by atoms with van der Waals surface area (Å²) >= 11 is 0. The summed E-state index contributed by atoms with van der Waals surface area (Å²) in [5.74, 6) is 0. The maximum atomic E-state index is 14.0. The minimum absolute atomic E-state index is 0.605. The zero-order chi connectivity index (χ0) is 9.90. The van der Waals surface area contributed by atoms with E-state index in [9.17, 15) is 4.39 Å². The third-order valence-electron chi connectivity index (χ3n) is 2.54. The van der Waals surface area contributed by atoms with Crippen molar-refractivity contribution in [1.29, 1.82) is 0 Å². The molecule has 1 aliphatic carbocycles. The van der Waals surface area contributed by atoms with Crippen molar-refractivity contribution in [3.63, 3.8) is 0 Å². The van der Waals surface area contributed by atoms with E-state index in [0.29, 0.717) is 18.4 Å². The fraction of sp³-hybridized carbons (Fsp3) is 0.500. The van der Waals surface area contributed by atoms with Gasteiger partial charge in [-0.05, 0) is 38.2 Å². The van der Waals surface area contributed by atoms with Crippen molar-refractivity contribution < 1.29 is 4.39 Å². The van der Waals surface area contributed by atoms with Crippen molar-refractivity contribution in [3.05, 3.63) is 36.5 Å². The summed E-state index contributed by atoms with van der Waals surface area (Å²) in [6.45, 7) is 9.40. The average molecular weight is 180 g/mol. The molecule has 0 aromatic heterocycles. The fourth-order valence-electron chi connectivity index (χ4n) is 1.65. The Labute approximate surface area is 79.8 Å². The standard InChI is InChI=1S/C12H17F/c1-10(2)6-7-11(3)12(13)8-4-5-9-12/h6-7H,1,3-5,8-9H2,2H3/b7-6-. The molecule has 72 valence electrons. The number of halogens is 1. The van der Waals surface area contributed by atoms with Gasteiger partial charge in [0, 0.05) is 0 Å². The van der Waals surface area contributed by atoms with Gasteiger partial charge in [-0.15, -0.1) is 0 Å². The first-order valence-corrected chi connectivity index (χ1v) is 4.76. The van der Waals surface area contributed by atoms with Crippen molar-refractivity contribution in [2.24, 2.45) is 0 Å². The van der Waals surface area contributed by atoms with E-state index in [2.05, 4.69) is 13.2 Å². The third-order valence-corrected chi connectivity index (χ3v) is 2.54. The molecule has 0 bridgehead atoms. The SMILES string of the molecule is C=C(C)/C=C\C(=C)C1(F)CCCC1. The molecule has 1 saturated carbocycles. The summed E-state index contributed by atoms with van der Waals surface area (Å²) in [6, 6.07) is 0. The van der Waals surface area contributed by atoms with Crippen LogP contribution in [-0.2, 0) is 0 Å². The molecular weight excluding hydrogens is 163 g/mol. The maximum Gasteiger partial charge on any atom is 0.135 e. The molecule has 1 aliphatic rings. The van der Waals surface area contributed by atoms with Gasteiger partial charge in [0.1, 0.15) is 5.67 Å². The number of allylic oxidation sites excluding steroid dienone is 4. The molecule has 0 heterocycles. The Kier molecular flexibility index (Phi) is 3.07. The van der Waals surface area contributed by atoms with Crippen LogP contribution in [0.3, 0.4) is 0 Å². The molecule has 0 saturated heterocycles. The quantitative estimate of drug-likeness (QED) is 0.577. The Balaban J connectivity index is 2.61. The molecule has 0 aliphatic heterocycles. The van der Waals surface area contributed by atoms with Crippen LogP contribution in [0.15, 0.2) is 36.5 Å². The van der Waals surface area contributed by atoms with Crippen molar-refractivity contribution in [2.75, 3.05) is 0 Å². The highest BCUT2D eigenvalue weighted by Crippen LogP contribution is 2.39. The van der Waals surface area contributed by atoms with Gasteiger partial charge in [0.2, 0.25) is 0 Å². The normalized spacial score (nSPS) is 20.8. The lowest BCUT2D eigenvalue weighted by Gasteiger charge is -2.19. The van der Waals surface area contributed by atoms with Gasteiger partial charge in [0.15, 0.2) is 0 Å². The Hall–Kier alpha value is -0.850. The predicted octanol–water partition coefficient (Wildman–Crippen LogP) is 3.96. The van der Waals surface area contributed by atoms with Crippen LogP contribution in [0.2, 0.25) is 0 Å². The predicted molar refractivity (Wildman–Crippen MR) is 55.4 cm³/mol. The Morgan fingerprint density at radius 1 is 1.23 bits per heavy atom. The molecule has 0 N–H and O–H groups in total. The summed E-state index contributed by atoms with van der Waals surface area (Å²) in [4.78, 5) is 0. The van der Waals surface area contributed by atoms with Crippen LogP contribution in [0.1, 0.15) is 32.6 Å². The molecule has 0 unspecified atom stereocenters. The van der Waals surface area contributed by atoms with E-state index in [0.717, 1.165) is 18.4 Å². The zero-order valence-electron chi connectivity index (χ0n) is 8.28. The van der Waals surface area contributed by atoms with Crippen LogP contribution in [0.5, 0.6) is 0 Å². The Morgan fingerprint density at radius 3 is 2.23 bits per heavy atom. The molecular formula is C12H17F. The van der Waals surface area contributed by atoms with Gasteiger partial charge >= 0.3 is 0 Å². The highest BCUT2D eigenvalue weighted by molar-refractivity contribution is 5.30. The molecule has 1 fully saturated rings. The largest absolute Gasteiger partial charge is 0.239 e. The molecule has 0 atom stereocenters. The lowest BCUT2D eigenvalue weighted by atomic mass is 9.94. The van der Waals surface area contributed by atoms with Crippen molar-refractivity contribution in [1.82, 2.24) is 0 Å². The molecule has 0 radical (unpaired) electrons. The minimum atomic E-state index is -1.13. The maximum absolute atomic E-state index is 14.0. The molecule has 0 aromatic rings. The fourth-order valence-corrected chi connectivity index (χ4v) is 1.65. The van der Waals surface area contributed by atoms with Gasteiger partial charge in [-0.25, -0.2) is 4.39 Å². The summed E-state index contributed by atoms with van der Waals surface area (Å²) < 4.78 is 14.0. The van der Waals surface area contributed by atoms with Gasteiger partial charge in [0.25, 0.3) is 0 Å². The summed E-state index contributed by atoms with van der Waals surface area (Å²) in [7, 11) is 0. The highest BCUT2D eigenvalue weighted by atomic mass is 19.1.